The number of pyridine rings is 1. The second-order valence-corrected chi connectivity index (χ2v) is 21.2. The van der Waals surface area contributed by atoms with E-state index in [2.05, 4.69) is 189 Å². The average Bonchev–Trinajstić information content (AvgIpc) is 3.90. The fraction of sp³-hybridized carbons (Fsp3) is 0.387. The monoisotopic (exact) mass is 958 g/mol. The largest absolute Gasteiger partial charge is 0.416 e. The Balaban J connectivity index is 1.34. The molecule has 7 aromatic rings. The van der Waals surface area contributed by atoms with Crippen molar-refractivity contribution in [2.45, 2.75) is 125 Å². The number of halogens is 3. The summed E-state index contributed by atoms with van der Waals surface area (Å²) in [6.07, 6.45) is 14.2. The molecule has 0 saturated carbocycles. The van der Waals surface area contributed by atoms with Gasteiger partial charge in [-0.1, -0.05) is 107 Å². The number of benzene rings is 4. The maximum absolute atomic E-state index is 15.1. The van der Waals surface area contributed by atoms with E-state index in [0.717, 1.165) is 88.7 Å². The summed E-state index contributed by atoms with van der Waals surface area (Å²) in [7, 11) is 4.03. The van der Waals surface area contributed by atoms with Crippen LogP contribution in [0, 0.1) is 31.6 Å². The Morgan fingerprint density at radius 1 is 0.761 bits per heavy atom. The van der Waals surface area contributed by atoms with Crippen LogP contribution >= 0.6 is 0 Å². The molecule has 3 aromatic heterocycles. The summed E-state index contributed by atoms with van der Waals surface area (Å²) < 4.78 is 56.7. The van der Waals surface area contributed by atoms with E-state index < -0.39 is 17.3 Å². The van der Waals surface area contributed by atoms with Crippen molar-refractivity contribution in [3.8, 4) is 34.0 Å². The molecule has 3 aliphatic rings. The van der Waals surface area contributed by atoms with Crippen molar-refractivity contribution in [1.29, 1.82) is 0 Å². The number of hydrogen-bond acceptors (Lipinski definition) is 1. The average molecular weight is 958 g/mol. The third-order valence-electron chi connectivity index (χ3n) is 15.6. The van der Waals surface area contributed by atoms with E-state index in [1.165, 1.54) is 34.4 Å². The Morgan fingerprint density at radius 3 is 2.08 bits per heavy atom. The summed E-state index contributed by atoms with van der Waals surface area (Å²) in [6.45, 7) is 18.6. The summed E-state index contributed by atoms with van der Waals surface area (Å²) in [5, 5.41) is 5.33. The first-order valence-corrected chi connectivity index (χ1v) is 25.9. The van der Waals surface area contributed by atoms with Gasteiger partial charge in [0.25, 0.3) is 17.5 Å². The van der Waals surface area contributed by atoms with E-state index in [-0.39, 0.29) is 17.9 Å². The molecule has 9 heteroatoms. The zero-order valence-electron chi connectivity index (χ0n) is 43.5. The van der Waals surface area contributed by atoms with Crippen molar-refractivity contribution >= 4 is 0 Å². The van der Waals surface area contributed by atoms with Gasteiger partial charge in [0.05, 0.1) is 23.7 Å². The van der Waals surface area contributed by atoms with Crippen LogP contribution in [0.2, 0.25) is 0 Å². The molecule has 0 radical (unpaired) electrons. The Kier molecular flexibility index (Phi) is 14.0. The minimum atomic E-state index is -4.53. The van der Waals surface area contributed by atoms with Gasteiger partial charge in [-0.3, -0.25) is 0 Å². The minimum Gasteiger partial charge on any atom is -0.226 e. The van der Waals surface area contributed by atoms with Crippen LogP contribution in [0.4, 0.5) is 13.2 Å². The zero-order chi connectivity index (χ0) is 50.4. The highest BCUT2D eigenvalue weighted by Crippen LogP contribution is 2.46. The fourth-order valence-electron chi connectivity index (χ4n) is 11.9. The molecule has 0 spiro atoms. The number of aromatic nitrogens is 6. The molecule has 3 unspecified atom stereocenters. The Morgan fingerprint density at radius 2 is 1.42 bits per heavy atom. The number of imidazole rings is 1. The lowest BCUT2D eigenvalue weighted by atomic mass is 9.67. The van der Waals surface area contributed by atoms with Gasteiger partial charge in [0.15, 0.2) is 6.20 Å². The van der Waals surface area contributed by atoms with E-state index in [1.807, 2.05) is 18.8 Å². The molecule has 71 heavy (non-hydrogen) atoms. The van der Waals surface area contributed by atoms with Crippen molar-refractivity contribution in [3.05, 3.63) is 190 Å². The van der Waals surface area contributed by atoms with Gasteiger partial charge in [-0.2, -0.15) is 13.2 Å². The SMILES string of the molecule is CCCc1nn(C)c2[n+]1C(C[n+]1ccn(C3(C)C(C(C)C)=CC=CC3C(C)C)c1-c1ccccc1C)Cc1cc(C(F)(F)F)ccc1-c1cc(cc[n+]1C)CCc1ccc(cc1)CCc1ccc(C)c-2c1. The molecule has 5 heterocycles. The van der Waals surface area contributed by atoms with Gasteiger partial charge in [0, 0.05) is 41.6 Å². The molecular weight excluding hydrogens is 886 g/mol. The number of hydrogen-bond donors (Lipinski definition) is 0. The molecule has 10 rings (SSSR count). The Labute approximate surface area is 419 Å². The lowest BCUT2D eigenvalue weighted by Crippen LogP contribution is -2.53. The Hall–Kier alpha value is -6.35. The van der Waals surface area contributed by atoms with Gasteiger partial charge < -0.3 is 0 Å². The summed E-state index contributed by atoms with van der Waals surface area (Å²) in [6, 6.07) is 32.7. The van der Waals surface area contributed by atoms with Crippen molar-refractivity contribution in [2.75, 3.05) is 0 Å². The zero-order valence-corrected chi connectivity index (χ0v) is 43.5. The van der Waals surface area contributed by atoms with Crippen LogP contribution in [0.1, 0.15) is 104 Å². The highest BCUT2D eigenvalue weighted by molar-refractivity contribution is 5.64. The number of alkyl halides is 3. The van der Waals surface area contributed by atoms with E-state index in [4.69, 9.17) is 5.10 Å². The van der Waals surface area contributed by atoms with Gasteiger partial charge in [0.1, 0.15) is 37.6 Å². The summed E-state index contributed by atoms with van der Waals surface area (Å²) in [5.74, 6) is 3.76. The molecule has 0 fully saturated rings. The number of rotatable bonds is 8. The van der Waals surface area contributed by atoms with Crippen LogP contribution in [0.5, 0.6) is 0 Å². The molecule has 0 saturated heterocycles. The molecule has 0 N–H and O–H groups in total. The molecule has 2 aliphatic heterocycles. The summed E-state index contributed by atoms with van der Waals surface area (Å²) in [5.41, 5.74) is 12.0. The van der Waals surface area contributed by atoms with Gasteiger partial charge in [-0.25, -0.2) is 18.3 Å². The van der Waals surface area contributed by atoms with Gasteiger partial charge >= 0.3 is 6.18 Å². The number of nitrogens with zero attached hydrogens (tertiary/aromatic N) is 6. The van der Waals surface area contributed by atoms with E-state index in [0.29, 0.717) is 30.9 Å². The van der Waals surface area contributed by atoms with Crippen molar-refractivity contribution in [2.24, 2.45) is 31.8 Å². The highest BCUT2D eigenvalue weighted by Gasteiger charge is 2.49. The third kappa shape index (κ3) is 9.73. The minimum absolute atomic E-state index is 0.201. The predicted molar refractivity (Wildman–Crippen MR) is 278 cm³/mol. The predicted octanol–water partition coefficient (Wildman–Crippen LogP) is 12.7. The standard InChI is InChI=1S/C62H72F3N6/c1-11-15-58-66-68(10)59-54-36-47(21-20-44(54)7)28-26-45-22-24-46(25-23-45)27-29-48-32-33-67(9)57(37-48)53-31-30-50(62(63,64)65)38-49(53)39-51(71(58)59)40-69-34-35-70(60(69)52-17-13-12-16-43(52)6)61(8)55(41(2)3)18-14-19-56(61)42(4)5/h12-14,16-25,30-38,41-42,51,55H,11,15,26-29,39-40H2,1-10H3/q+3. The maximum atomic E-state index is 15.1. The molecule has 6 bridgehead atoms. The number of aryl methyl sites for hydroxylation is 9. The fourth-order valence-corrected chi connectivity index (χ4v) is 11.9. The molecule has 368 valence electrons. The topological polar surface area (TPSA) is 34.4 Å². The number of fused-ring (bicyclic) bond motifs is 5. The van der Waals surface area contributed by atoms with Gasteiger partial charge in [-0.15, -0.1) is 4.68 Å². The molecule has 6 nitrogen and oxygen atoms in total. The number of allylic oxidation sites excluding steroid dienone is 4. The normalized spacial score (nSPS) is 18.4. The van der Waals surface area contributed by atoms with Gasteiger partial charge in [-0.05, 0) is 140 Å². The lowest BCUT2D eigenvalue weighted by molar-refractivity contribution is -0.791. The van der Waals surface area contributed by atoms with Crippen LogP contribution in [0.15, 0.2) is 139 Å². The molecule has 4 aromatic carbocycles. The van der Waals surface area contributed by atoms with Crippen molar-refractivity contribution in [3.63, 3.8) is 0 Å². The van der Waals surface area contributed by atoms with Crippen molar-refractivity contribution < 1.29 is 26.9 Å². The van der Waals surface area contributed by atoms with Crippen LogP contribution in [-0.2, 0) is 70.9 Å². The van der Waals surface area contributed by atoms with Gasteiger partial charge in [0.2, 0.25) is 5.69 Å². The second kappa shape index (κ2) is 20.0. The van der Waals surface area contributed by atoms with Crippen LogP contribution < -0.4 is 13.7 Å². The van der Waals surface area contributed by atoms with Crippen LogP contribution in [0.25, 0.3) is 34.0 Å². The second-order valence-electron chi connectivity index (χ2n) is 21.2. The van der Waals surface area contributed by atoms with Crippen LogP contribution in [0.3, 0.4) is 0 Å². The quantitative estimate of drug-likeness (QED) is 0.140. The van der Waals surface area contributed by atoms with Crippen LogP contribution in [-0.4, -0.2) is 14.3 Å². The maximum Gasteiger partial charge on any atom is 0.416 e. The lowest BCUT2D eigenvalue weighted by Gasteiger charge is -2.42. The first-order chi connectivity index (χ1) is 34.0. The molecule has 0 amide bonds. The first kappa shape index (κ1) is 49.6. The molecule has 1 aliphatic carbocycles. The van der Waals surface area contributed by atoms with Crippen molar-refractivity contribution in [1.82, 2.24) is 14.3 Å². The third-order valence-corrected chi connectivity index (χ3v) is 15.6. The first-order valence-electron chi connectivity index (χ1n) is 25.9. The summed E-state index contributed by atoms with van der Waals surface area (Å²) in [4.78, 5) is 0. The van der Waals surface area contributed by atoms with E-state index in [1.54, 1.807) is 6.07 Å². The smallest absolute Gasteiger partial charge is 0.226 e. The molecule has 3 atom stereocenters. The highest BCUT2D eigenvalue weighted by atomic mass is 19.4. The van der Waals surface area contributed by atoms with E-state index in [9.17, 15) is 0 Å². The molecular formula is C62H72F3N6+3. The summed E-state index contributed by atoms with van der Waals surface area (Å²) >= 11 is 0. The van der Waals surface area contributed by atoms with E-state index >= 15 is 13.2 Å². The Bertz CT molecular complexity index is 3130.